The molecule has 0 fully saturated rings. The van der Waals surface area contributed by atoms with E-state index in [1.807, 2.05) is 0 Å². The Balaban J connectivity index is 3.73. The Morgan fingerprint density at radius 1 is 0.667 bits per heavy atom. The Morgan fingerprint density at radius 3 is 0.667 bits per heavy atom. The molecule has 0 aliphatic heterocycles. The SMILES string of the molecule is F[Si-](F)(F)(F)F. The molecule has 0 aromatic carbocycles. The fourth-order valence-electron chi connectivity index (χ4n) is 0. The molecule has 0 aromatic heterocycles. The maximum atomic E-state index is 9.86. The summed E-state index contributed by atoms with van der Waals surface area (Å²) in [6.45, 7) is 0. The van der Waals surface area contributed by atoms with E-state index in [2.05, 4.69) is 0 Å². The molecule has 0 nitrogen and oxygen atoms in total. The summed E-state index contributed by atoms with van der Waals surface area (Å²) in [5.74, 6) is 0. The minimum atomic E-state index is -8.75. The minimum absolute atomic E-state index is 8.75. The van der Waals surface area contributed by atoms with Crippen molar-refractivity contribution in [2.45, 2.75) is 0 Å². The molecule has 0 aliphatic carbocycles. The molecule has 0 aliphatic rings. The van der Waals surface area contributed by atoms with E-state index < -0.39 is 9.02 Å². The average molecular weight is 123 g/mol. The van der Waals surface area contributed by atoms with E-state index in [4.69, 9.17) is 0 Å². The fraction of sp³-hybridized carbons (Fsp3) is 0. The molecule has 0 aromatic rings. The van der Waals surface area contributed by atoms with Crippen LogP contribution in [0.3, 0.4) is 0 Å². The van der Waals surface area contributed by atoms with E-state index >= 15 is 0 Å². The summed E-state index contributed by atoms with van der Waals surface area (Å²) in [7, 11) is -8.75. The molecule has 6 heteroatoms. The van der Waals surface area contributed by atoms with Crippen molar-refractivity contribution in [3.05, 3.63) is 0 Å². The molecule has 6 heavy (non-hydrogen) atoms. The van der Waals surface area contributed by atoms with Gasteiger partial charge in [0.05, 0.1) is 0 Å². The quantitative estimate of drug-likeness (QED) is 0.261. The van der Waals surface area contributed by atoms with Gasteiger partial charge in [-0.25, -0.2) is 0 Å². The Hall–Kier alpha value is -0.133. The van der Waals surface area contributed by atoms with Gasteiger partial charge in [0.1, 0.15) is 0 Å². The van der Waals surface area contributed by atoms with Gasteiger partial charge < -0.3 is 0 Å². The maximum absolute atomic E-state index is 9.86. The van der Waals surface area contributed by atoms with Gasteiger partial charge >= 0.3 is 29.6 Å². The molecular weight excluding hydrogens is 123 g/mol. The summed E-state index contributed by atoms with van der Waals surface area (Å²) in [5, 5.41) is 0. The Bertz CT molecular complexity index is 37.1. The average Bonchev–Trinajstić information content (AvgIpc) is 0.650. The van der Waals surface area contributed by atoms with E-state index in [0.717, 1.165) is 0 Å². The summed E-state index contributed by atoms with van der Waals surface area (Å²) in [4.78, 5) is 0. The van der Waals surface area contributed by atoms with Gasteiger partial charge in [-0.15, -0.1) is 0 Å². The predicted molar refractivity (Wildman–Crippen MR) is 11.3 cm³/mol. The molecular formula is F5Si-. The van der Waals surface area contributed by atoms with Crippen LogP contribution in [0.5, 0.6) is 0 Å². The van der Waals surface area contributed by atoms with Gasteiger partial charge in [-0.2, -0.15) is 0 Å². The zero-order chi connectivity index (χ0) is 5.45. The first-order valence-corrected chi connectivity index (χ1v) is 2.83. The van der Waals surface area contributed by atoms with E-state index in [1.54, 1.807) is 0 Å². The van der Waals surface area contributed by atoms with E-state index in [0.29, 0.717) is 0 Å². The Morgan fingerprint density at radius 2 is 0.667 bits per heavy atom. The number of halogens is 5. The van der Waals surface area contributed by atoms with Crippen molar-refractivity contribution in [2.24, 2.45) is 0 Å². The first-order valence-electron chi connectivity index (χ1n) is 0.945. The van der Waals surface area contributed by atoms with Crippen molar-refractivity contribution in [1.29, 1.82) is 0 Å². The zero-order valence-electron chi connectivity index (χ0n) is 2.39. The molecule has 0 rings (SSSR count). The van der Waals surface area contributed by atoms with Gasteiger partial charge in [0.25, 0.3) is 0 Å². The molecule has 0 bridgehead atoms. The molecule has 0 N–H and O–H groups in total. The third kappa shape index (κ3) is 1790. The third-order valence-corrected chi connectivity index (χ3v) is 0. The van der Waals surface area contributed by atoms with Crippen molar-refractivity contribution in [3.63, 3.8) is 0 Å². The summed E-state index contributed by atoms with van der Waals surface area (Å²) in [6.07, 6.45) is 0. The van der Waals surface area contributed by atoms with Crippen molar-refractivity contribution in [3.8, 4) is 0 Å². The van der Waals surface area contributed by atoms with Gasteiger partial charge in [0.2, 0.25) is 0 Å². The summed E-state index contributed by atoms with van der Waals surface area (Å²) >= 11 is 0. The molecule has 0 heterocycles. The number of rotatable bonds is 0. The van der Waals surface area contributed by atoms with Crippen LogP contribution in [0, 0.1) is 0 Å². The number of hydrogen-bond donors (Lipinski definition) is 0. The van der Waals surface area contributed by atoms with Gasteiger partial charge in [0.15, 0.2) is 0 Å². The second kappa shape index (κ2) is 0.748. The normalized spacial score (nSPS) is 19.2. The molecule has 0 saturated heterocycles. The van der Waals surface area contributed by atoms with Crippen molar-refractivity contribution < 1.29 is 20.5 Å². The summed E-state index contributed by atoms with van der Waals surface area (Å²) in [6, 6.07) is 0. The van der Waals surface area contributed by atoms with Crippen LogP contribution in [0.4, 0.5) is 20.5 Å². The summed E-state index contributed by atoms with van der Waals surface area (Å²) < 4.78 is 49.3. The predicted octanol–water partition coefficient (Wildman–Crippen LogP) is 1.72. The zero-order valence-corrected chi connectivity index (χ0v) is 3.39. The fourth-order valence-corrected chi connectivity index (χ4v) is 0. The van der Waals surface area contributed by atoms with Crippen LogP contribution in [0.1, 0.15) is 0 Å². The second-order valence-electron chi connectivity index (χ2n) is 0.714. The van der Waals surface area contributed by atoms with E-state index in [1.165, 1.54) is 0 Å². The van der Waals surface area contributed by atoms with Crippen LogP contribution < -0.4 is 0 Å². The third-order valence-electron chi connectivity index (χ3n) is 0. The van der Waals surface area contributed by atoms with Crippen LogP contribution in [-0.2, 0) is 0 Å². The van der Waals surface area contributed by atoms with Crippen LogP contribution in [0.25, 0.3) is 0 Å². The van der Waals surface area contributed by atoms with Crippen LogP contribution >= 0.6 is 0 Å². The molecule has 0 spiro atoms. The van der Waals surface area contributed by atoms with Crippen molar-refractivity contribution in [2.75, 3.05) is 0 Å². The van der Waals surface area contributed by atoms with Crippen LogP contribution in [0.2, 0.25) is 0 Å². The van der Waals surface area contributed by atoms with Crippen molar-refractivity contribution >= 4 is 9.02 Å². The molecule has 40 valence electrons. The van der Waals surface area contributed by atoms with Crippen LogP contribution in [0.15, 0.2) is 0 Å². The van der Waals surface area contributed by atoms with E-state index in [9.17, 15) is 20.5 Å². The Kier molecular flexibility index (Phi) is 0.731. The standard InChI is InChI=1S/F5Si/c1-6(2,3,4)5/q-1. The monoisotopic (exact) mass is 123 g/mol. The van der Waals surface area contributed by atoms with Gasteiger partial charge in [-0.05, 0) is 0 Å². The molecule has 0 saturated carbocycles. The molecule has 0 atom stereocenters. The molecule has 0 unspecified atom stereocenters. The van der Waals surface area contributed by atoms with Crippen molar-refractivity contribution in [1.82, 2.24) is 0 Å². The Labute approximate surface area is 30.9 Å². The first-order chi connectivity index (χ1) is 2.24. The first kappa shape index (κ1) is 5.87. The topological polar surface area (TPSA) is 0 Å². The summed E-state index contributed by atoms with van der Waals surface area (Å²) in [5.41, 5.74) is 0. The van der Waals surface area contributed by atoms with Gasteiger partial charge in [-0.3, -0.25) is 0 Å². The van der Waals surface area contributed by atoms with Gasteiger partial charge in [-0.1, -0.05) is 0 Å². The van der Waals surface area contributed by atoms with Gasteiger partial charge in [0, 0.05) is 0 Å². The van der Waals surface area contributed by atoms with Crippen LogP contribution in [-0.4, -0.2) is 9.02 Å². The molecule has 0 amide bonds. The molecule has 0 radical (unpaired) electrons. The second-order valence-corrected chi connectivity index (χ2v) is 2.14. The number of hydrogen-bond acceptors (Lipinski definition) is 0. The van der Waals surface area contributed by atoms with E-state index in [-0.39, 0.29) is 0 Å².